The lowest BCUT2D eigenvalue weighted by Crippen LogP contribution is -1.91. The minimum absolute atomic E-state index is 0.843. The largest absolute Gasteiger partial charge is 0.456 e. The summed E-state index contributed by atoms with van der Waals surface area (Å²) in [4.78, 5) is 0. The molecule has 57 heavy (non-hydrogen) atoms. The van der Waals surface area contributed by atoms with Gasteiger partial charge in [0.2, 0.25) is 0 Å². The van der Waals surface area contributed by atoms with Crippen LogP contribution in [0.15, 0.2) is 195 Å². The molecular weight excluding hydrogens is 697 g/mol. The van der Waals surface area contributed by atoms with Gasteiger partial charge in [-0.1, -0.05) is 127 Å². The van der Waals surface area contributed by atoms with Gasteiger partial charge in [0.25, 0.3) is 0 Å². The van der Waals surface area contributed by atoms with Crippen LogP contribution < -0.4 is 0 Å². The standard InChI is InChI=1S/C54H30O3/c1-3-12-41-39(10-1)51(40-11-2-4-13-42(40)52(41)35-23-24-38-37-9-5-7-15-46(37)56-49(38)29-35)32-19-17-31(18-20-32)33-21-22-34-28-45-43-25-26-48-53(44-14-6-8-16-47(44)55-48)54(43)57-50(45)30-36(34)27-33/h1-30H. The van der Waals surface area contributed by atoms with Crippen LogP contribution in [0.1, 0.15) is 0 Å². The lowest BCUT2D eigenvalue weighted by molar-refractivity contribution is 0.663. The number of benzene rings is 10. The van der Waals surface area contributed by atoms with Crippen molar-refractivity contribution in [2.75, 3.05) is 0 Å². The molecule has 3 heteroatoms. The highest BCUT2D eigenvalue weighted by Gasteiger charge is 2.19. The molecule has 0 N–H and O–H groups in total. The smallest absolute Gasteiger partial charge is 0.147 e. The number of furan rings is 3. The Morgan fingerprint density at radius 2 is 0.772 bits per heavy atom. The van der Waals surface area contributed by atoms with Crippen LogP contribution >= 0.6 is 0 Å². The molecule has 0 aliphatic heterocycles. The highest BCUT2D eigenvalue weighted by molar-refractivity contribution is 6.24. The van der Waals surface area contributed by atoms with E-state index < -0.39 is 0 Å². The van der Waals surface area contributed by atoms with Crippen molar-refractivity contribution in [3.8, 4) is 33.4 Å². The molecular formula is C54H30O3. The van der Waals surface area contributed by atoms with Crippen LogP contribution in [0.3, 0.4) is 0 Å². The van der Waals surface area contributed by atoms with Crippen LogP contribution in [0.4, 0.5) is 0 Å². The Balaban J connectivity index is 0.925. The summed E-state index contributed by atoms with van der Waals surface area (Å²) in [6.07, 6.45) is 0. The van der Waals surface area contributed by atoms with Crippen molar-refractivity contribution in [3.63, 3.8) is 0 Å². The van der Waals surface area contributed by atoms with Gasteiger partial charge in [0.05, 0.1) is 5.39 Å². The monoisotopic (exact) mass is 726 g/mol. The Morgan fingerprint density at radius 1 is 0.246 bits per heavy atom. The maximum absolute atomic E-state index is 6.62. The fourth-order valence-electron chi connectivity index (χ4n) is 9.43. The number of para-hydroxylation sites is 2. The van der Waals surface area contributed by atoms with Gasteiger partial charge in [0, 0.05) is 26.9 Å². The third-order valence-corrected chi connectivity index (χ3v) is 12.0. The van der Waals surface area contributed by atoms with E-state index >= 15 is 0 Å². The molecule has 0 unspecified atom stereocenters. The number of fused-ring (bicyclic) bond motifs is 13. The van der Waals surface area contributed by atoms with E-state index in [0.29, 0.717) is 0 Å². The predicted octanol–water partition coefficient (Wildman–Crippen LogP) is 15.8. The molecule has 0 bridgehead atoms. The first-order valence-electron chi connectivity index (χ1n) is 19.4. The first kappa shape index (κ1) is 30.7. The maximum Gasteiger partial charge on any atom is 0.147 e. The van der Waals surface area contributed by atoms with Crippen molar-refractivity contribution in [2.24, 2.45) is 0 Å². The van der Waals surface area contributed by atoms with Crippen molar-refractivity contribution in [3.05, 3.63) is 182 Å². The summed E-state index contributed by atoms with van der Waals surface area (Å²) >= 11 is 0. The van der Waals surface area contributed by atoms with E-state index in [1.807, 2.05) is 30.3 Å². The molecule has 0 radical (unpaired) electrons. The lowest BCUT2D eigenvalue weighted by atomic mass is 9.85. The van der Waals surface area contributed by atoms with Crippen molar-refractivity contribution >= 4 is 98.1 Å². The number of hydrogen-bond donors (Lipinski definition) is 0. The van der Waals surface area contributed by atoms with Crippen LogP contribution in [0.5, 0.6) is 0 Å². The molecule has 13 rings (SSSR count). The van der Waals surface area contributed by atoms with Crippen molar-refractivity contribution < 1.29 is 13.3 Å². The van der Waals surface area contributed by atoms with E-state index in [1.54, 1.807) is 0 Å². The summed E-state index contributed by atoms with van der Waals surface area (Å²) in [6.45, 7) is 0. The molecule has 0 aliphatic carbocycles. The van der Waals surface area contributed by atoms with Gasteiger partial charge in [0.15, 0.2) is 0 Å². The normalized spacial score (nSPS) is 12.2. The second-order valence-corrected chi connectivity index (χ2v) is 15.2. The Morgan fingerprint density at radius 3 is 1.51 bits per heavy atom. The minimum atomic E-state index is 0.843. The summed E-state index contributed by atoms with van der Waals surface area (Å²) in [6, 6.07) is 65.1. The van der Waals surface area contributed by atoms with Gasteiger partial charge in [-0.05, 0) is 120 Å². The van der Waals surface area contributed by atoms with Crippen molar-refractivity contribution in [1.82, 2.24) is 0 Å². The average Bonchev–Trinajstić information content (AvgIpc) is 3.95. The summed E-state index contributed by atoms with van der Waals surface area (Å²) < 4.78 is 19.1. The van der Waals surface area contributed by atoms with Crippen molar-refractivity contribution in [1.29, 1.82) is 0 Å². The lowest BCUT2D eigenvalue weighted by Gasteiger charge is -2.18. The van der Waals surface area contributed by atoms with Gasteiger partial charge in [-0.25, -0.2) is 0 Å². The van der Waals surface area contributed by atoms with Gasteiger partial charge in [-0.2, -0.15) is 0 Å². The van der Waals surface area contributed by atoms with Gasteiger partial charge in [-0.15, -0.1) is 0 Å². The quantitative estimate of drug-likeness (QED) is 0.170. The summed E-state index contributed by atoms with van der Waals surface area (Å²) in [5, 5.41) is 13.8. The number of rotatable bonds is 3. The second-order valence-electron chi connectivity index (χ2n) is 15.2. The Hall–Kier alpha value is -7.62. The molecule has 0 saturated heterocycles. The maximum atomic E-state index is 6.62. The van der Waals surface area contributed by atoms with E-state index in [0.717, 1.165) is 76.8 Å². The van der Waals surface area contributed by atoms with Crippen LogP contribution in [0.25, 0.3) is 132 Å². The second kappa shape index (κ2) is 11.5. The highest BCUT2D eigenvalue weighted by Crippen LogP contribution is 2.46. The first-order valence-corrected chi connectivity index (χ1v) is 19.4. The fourth-order valence-corrected chi connectivity index (χ4v) is 9.43. The van der Waals surface area contributed by atoms with Crippen molar-refractivity contribution in [2.45, 2.75) is 0 Å². The molecule has 0 amide bonds. The van der Waals surface area contributed by atoms with E-state index in [-0.39, 0.29) is 0 Å². The summed E-state index contributed by atoms with van der Waals surface area (Å²) in [5.74, 6) is 0. The minimum Gasteiger partial charge on any atom is -0.456 e. The fraction of sp³-hybridized carbons (Fsp3) is 0. The molecule has 3 nitrogen and oxygen atoms in total. The van der Waals surface area contributed by atoms with Crippen LogP contribution in [0, 0.1) is 0 Å². The molecule has 3 heterocycles. The van der Waals surface area contributed by atoms with Gasteiger partial charge < -0.3 is 13.3 Å². The average molecular weight is 727 g/mol. The zero-order valence-electron chi connectivity index (χ0n) is 30.5. The van der Waals surface area contributed by atoms with E-state index in [9.17, 15) is 0 Å². The van der Waals surface area contributed by atoms with Gasteiger partial charge in [-0.3, -0.25) is 0 Å². The summed E-state index contributed by atoms with van der Waals surface area (Å²) in [7, 11) is 0. The van der Waals surface area contributed by atoms with E-state index in [4.69, 9.17) is 13.3 Å². The van der Waals surface area contributed by atoms with Crippen LogP contribution in [-0.4, -0.2) is 0 Å². The third kappa shape index (κ3) is 4.42. The van der Waals surface area contributed by atoms with Crippen LogP contribution in [0.2, 0.25) is 0 Å². The Bertz CT molecular complexity index is 3740. The van der Waals surface area contributed by atoms with Gasteiger partial charge in [0.1, 0.15) is 33.5 Å². The molecule has 0 aliphatic rings. The third-order valence-electron chi connectivity index (χ3n) is 12.0. The molecule has 3 aromatic heterocycles. The zero-order chi connectivity index (χ0) is 37.2. The topological polar surface area (TPSA) is 39.4 Å². The Kier molecular flexibility index (Phi) is 6.16. The molecule has 13 aromatic rings. The highest BCUT2D eigenvalue weighted by atomic mass is 16.3. The summed E-state index contributed by atoms with van der Waals surface area (Å²) in [5.41, 5.74) is 12.4. The van der Waals surface area contributed by atoms with E-state index in [2.05, 4.69) is 152 Å². The van der Waals surface area contributed by atoms with Gasteiger partial charge >= 0.3 is 0 Å². The van der Waals surface area contributed by atoms with E-state index in [1.165, 1.54) is 54.7 Å². The molecule has 264 valence electrons. The zero-order valence-corrected chi connectivity index (χ0v) is 30.5. The van der Waals surface area contributed by atoms with Crippen LogP contribution in [-0.2, 0) is 0 Å². The predicted molar refractivity (Wildman–Crippen MR) is 237 cm³/mol. The molecule has 0 atom stereocenters. The molecule has 0 fully saturated rings. The first-order chi connectivity index (χ1) is 28.2. The molecule has 0 saturated carbocycles. The molecule has 10 aromatic carbocycles. The number of hydrogen-bond acceptors (Lipinski definition) is 3. The molecule has 0 spiro atoms. The Labute approximate surface area is 325 Å². The SMILES string of the molecule is c1ccc2c(c1)oc1cc(-c3c4ccccc4c(-c4ccc(-c5ccc6cc7c(cc6c5)oc5c7ccc6oc7ccccc7c65)cc4)c4ccccc34)ccc12.